The van der Waals surface area contributed by atoms with E-state index in [1.54, 1.807) is 0 Å². The average Bonchev–Trinajstić information content (AvgIpc) is 4.19. The number of rotatable bonds is 8. The van der Waals surface area contributed by atoms with Crippen LogP contribution in [0.2, 0.25) is 0 Å². The highest BCUT2D eigenvalue weighted by atomic mass is 15.2. The fourth-order valence-electron chi connectivity index (χ4n) is 8.41. The van der Waals surface area contributed by atoms with Crippen molar-refractivity contribution in [2.45, 2.75) is 0 Å². The minimum atomic E-state index is 0.803. The number of pyridine rings is 2. The number of aromatic amines is 2. The number of aromatic nitrogens is 6. The fraction of sp³-hybridized carbons (Fsp3) is 0. The average molecular weight is 799 g/mol. The molecule has 8 nitrogen and oxygen atoms in total. The zero-order chi connectivity index (χ0) is 41.2. The third kappa shape index (κ3) is 6.71. The maximum atomic E-state index is 5.54. The van der Waals surface area contributed by atoms with Crippen molar-refractivity contribution in [2.24, 2.45) is 0 Å². The third-order valence-corrected chi connectivity index (χ3v) is 11.1. The van der Waals surface area contributed by atoms with Crippen LogP contribution in [0.3, 0.4) is 0 Å². The Morgan fingerprint density at radius 1 is 0.306 bits per heavy atom. The SMILES string of the molecule is C1=Cc2nc1c(-c1ccncc1)c1ccc([nH]1)c(N(c1ccccc1)c1ccccc1)c1nc(c(-c3ccncc3)c3ccc([nH]3)c2N(c2ccccc2)c2ccccc2)C=C1. The van der Waals surface area contributed by atoms with Crippen LogP contribution in [0, 0.1) is 0 Å². The van der Waals surface area contributed by atoms with E-state index in [0.29, 0.717) is 0 Å². The lowest BCUT2D eigenvalue weighted by atomic mass is 10.1. The predicted octanol–water partition coefficient (Wildman–Crippen LogP) is 13.7. The van der Waals surface area contributed by atoms with E-state index in [9.17, 15) is 0 Å². The van der Waals surface area contributed by atoms with Gasteiger partial charge in [0.15, 0.2) is 0 Å². The van der Waals surface area contributed by atoms with E-state index in [0.717, 1.165) is 101 Å². The van der Waals surface area contributed by atoms with Crippen LogP contribution in [0.1, 0.15) is 22.8 Å². The quantitative estimate of drug-likeness (QED) is 0.159. The molecule has 11 rings (SSSR count). The van der Waals surface area contributed by atoms with Gasteiger partial charge in [-0.1, -0.05) is 72.8 Å². The van der Waals surface area contributed by atoms with Crippen LogP contribution in [0.4, 0.5) is 34.1 Å². The van der Waals surface area contributed by atoms with E-state index in [1.807, 2.05) is 73.3 Å². The van der Waals surface area contributed by atoms with Crippen molar-refractivity contribution in [3.8, 4) is 22.3 Å². The first-order valence-electron chi connectivity index (χ1n) is 20.5. The molecule has 0 radical (unpaired) electrons. The molecular weight excluding hydrogens is 761 g/mol. The smallest absolute Gasteiger partial charge is 0.0957 e. The molecule has 4 aromatic carbocycles. The molecule has 8 heteroatoms. The second-order valence-corrected chi connectivity index (χ2v) is 14.9. The lowest BCUT2D eigenvalue weighted by Crippen LogP contribution is -2.11. The molecule has 0 saturated heterocycles. The molecule has 0 amide bonds. The molecule has 7 heterocycles. The number of hydrogen-bond acceptors (Lipinski definition) is 6. The van der Waals surface area contributed by atoms with Gasteiger partial charge < -0.3 is 19.8 Å². The Labute approximate surface area is 358 Å². The van der Waals surface area contributed by atoms with E-state index < -0.39 is 0 Å². The number of nitrogens with zero attached hydrogens (tertiary/aromatic N) is 6. The second-order valence-electron chi connectivity index (χ2n) is 14.9. The summed E-state index contributed by atoms with van der Waals surface area (Å²) in [6, 6.07) is 58.5. The Balaban J connectivity index is 1.32. The van der Waals surface area contributed by atoms with Gasteiger partial charge in [0, 0.05) is 69.7 Å². The summed E-state index contributed by atoms with van der Waals surface area (Å²) < 4.78 is 0. The molecule has 2 aliphatic heterocycles. The molecule has 9 aromatic rings. The van der Waals surface area contributed by atoms with Crippen molar-refractivity contribution in [1.29, 1.82) is 0 Å². The number of benzene rings is 4. The molecule has 5 aromatic heterocycles. The summed E-state index contributed by atoms with van der Waals surface area (Å²) in [5.74, 6) is 0. The summed E-state index contributed by atoms with van der Waals surface area (Å²) in [7, 11) is 0. The number of anilines is 6. The molecule has 294 valence electrons. The molecule has 0 unspecified atom stereocenters. The second kappa shape index (κ2) is 15.9. The van der Waals surface area contributed by atoms with Crippen LogP contribution in [-0.2, 0) is 0 Å². The Bertz CT molecular complexity index is 2970. The Hall–Kier alpha value is -8.62. The van der Waals surface area contributed by atoms with Crippen LogP contribution >= 0.6 is 0 Å². The Morgan fingerprint density at radius 3 is 0.952 bits per heavy atom. The number of para-hydroxylation sites is 4. The van der Waals surface area contributed by atoms with Gasteiger partial charge in [-0.25, -0.2) is 9.97 Å². The van der Waals surface area contributed by atoms with Crippen molar-refractivity contribution < 1.29 is 0 Å². The highest BCUT2D eigenvalue weighted by Gasteiger charge is 2.24. The molecule has 0 spiro atoms. The maximum Gasteiger partial charge on any atom is 0.0957 e. The van der Waals surface area contributed by atoms with Crippen LogP contribution in [0.25, 0.3) is 68.6 Å². The van der Waals surface area contributed by atoms with Crippen LogP contribution in [-0.4, -0.2) is 29.9 Å². The predicted molar refractivity (Wildman–Crippen MR) is 255 cm³/mol. The zero-order valence-electron chi connectivity index (χ0n) is 33.5. The lowest BCUT2D eigenvalue weighted by molar-refractivity contribution is 1.23. The molecule has 2 N–H and O–H groups in total. The van der Waals surface area contributed by atoms with Gasteiger partial charge in [-0.3, -0.25) is 9.97 Å². The number of fused-ring (bicyclic) bond motifs is 8. The first-order valence-corrected chi connectivity index (χ1v) is 20.5. The first kappa shape index (κ1) is 36.5. The van der Waals surface area contributed by atoms with E-state index in [2.05, 4.69) is 175 Å². The van der Waals surface area contributed by atoms with Gasteiger partial charge in [0.05, 0.1) is 45.2 Å². The topological polar surface area (TPSA) is 89.6 Å². The van der Waals surface area contributed by atoms with Gasteiger partial charge in [0.25, 0.3) is 0 Å². The third-order valence-electron chi connectivity index (χ3n) is 11.1. The molecule has 0 fully saturated rings. The highest BCUT2D eigenvalue weighted by Crippen LogP contribution is 2.44. The van der Waals surface area contributed by atoms with Crippen molar-refractivity contribution in [1.82, 2.24) is 29.9 Å². The van der Waals surface area contributed by atoms with Crippen molar-refractivity contribution in [3.05, 3.63) is 217 Å². The Kier molecular flexibility index (Phi) is 9.33. The normalized spacial score (nSPS) is 11.7. The first-order chi connectivity index (χ1) is 30.8. The fourth-order valence-corrected chi connectivity index (χ4v) is 8.41. The molecule has 0 saturated carbocycles. The summed E-state index contributed by atoms with van der Waals surface area (Å²) in [5.41, 5.74) is 16.5. The van der Waals surface area contributed by atoms with E-state index in [1.165, 1.54) is 0 Å². The van der Waals surface area contributed by atoms with Gasteiger partial charge >= 0.3 is 0 Å². The lowest BCUT2D eigenvalue weighted by Gasteiger charge is -2.26. The van der Waals surface area contributed by atoms with Crippen molar-refractivity contribution in [3.63, 3.8) is 0 Å². The van der Waals surface area contributed by atoms with Crippen molar-refractivity contribution in [2.75, 3.05) is 9.80 Å². The molecule has 0 atom stereocenters. The van der Waals surface area contributed by atoms with Gasteiger partial charge in [0.2, 0.25) is 0 Å². The summed E-state index contributed by atoms with van der Waals surface area (Å²) in [5, 5.41) is 0. The van der Waals surface area contributed by atoms with Crippen LogP contribution in [0.5, 0.6) is 0 Å². The van der Waals surface area contributed by atoms with Crippen LogP contribution < -0.4 is 9.80 Å². The molecule has 8 bridgehead atoms. The van der Waals surface area contributed by atoms with E-state index in [4.69, 9.17) is 9.97 Å². The Morgan fingerprint density at radius 2 is 0.613 bits per heavy atom. The van der Waals surface area contributed by atoms with Gasteiger partial charge in [-0.2, -0.15) is 0 Å². The van der Waals surface area contributed by atoms with Gasteiger partial charge in [0.1, 0.15) is 0 Å². The molecule has 0 aliphatic carbocycles. The summed E-state index contributed by atoms with van der Waals surface area (Å²) in [6.07, 6.45) is 15.8. The van der Waals surface area contributed by atoms with Gasteiger partial charge in [-0.05, 0) is 132 Å². The minimum absolute atomic E-state index is 0.803. The summed E-state index contributed by atoms with van der Waals surface area (Å²) in [6.45, 7) is 0. The number of hydrogen-bond donors (Lipinski definition) is 2. The van der Waals surface area contributed by atoms with E-state index >= 15 is 0 Å². The van der Waals surface area contributed by atoms with Crippen molar-refractivity contribution >= 4 is 80.5 Å². The molecule has 62 heavy (non-hydrogen) atoms. The molecular formula is C54H38N8. The molecule has 2 aliphatic rings. The zero-order valence-corrected chi connectivity index (χ0v) is 33.5. The largest absolute Gasteiger partial charge is 0.353 e. The maximum absolute atomic E-state index is 5.54. The number of nitrogens with one attached hydrogen (secondary N) is 2. The minimum Gasteiger partial charge on any atom is -0.353 e. The highest BCUT2D eigenvalue weighted by molar-refractivity contribution is 6.01. The van der Waals surface area contributed by atoms with E-state index in [-0.39, 0.29) is 0 Å². The standard InChI is InChI=1S/C54H38N8/c1-5-13-39(14-6-1)61(40-15-7-2-8-16-40)53-47-25-21-43(57-47)51(37-29-33-55-34-30-37)45-23-27-49(59-45)54(62(41-17-9-3-10-18-41)42-19-11-4-12-20-42)50-28-24-46(60-50)52(38-31-35-56-36-32-38)44-22-26-48(53)58-44/h1-36,57,60H. The van der Waals surface area contributed by atoms with Gasteiger partial charge in [-0.15, -0.1) is 0 Å². The monoisotopic (exact) mass is 798 g/mol. The number of H-pyrrole nitrogens is 2. The van der Waals surface area contributed by atoms with Crippen LogP contribution in [0.15, 0.2) is 195 Å². The summed E-state index contributed by atoms with van der Waals surface area (Å²) >= 11 is 0. The summed E-state index contributed by atoms with van der Waals surface area (Å²) in [4.78, 5) is 32.2.